The number of fused-ring (bicyclic) bond motifs is 1. The second-order valence-electron chi connectivity index (χ2n) is 6.77. The van der Waals surface area contributed by atoms with Gasteiger partial charge in [0.15, 0.2) is 0 Å². The minimum Gasteiger partial charge on any atom is -0.497 e. The van der Waals surface area contributed by atoms with Crippen LogP contribution in [0.15, 0.2) is 48.5 Å². The van der Waals surface area contributed by atoms with E-state index in [9.17, 15) is 0 Å². The van der Waals surface area contributed by atoms with Crippen LogP contribution in [0.2, 0.25) is 5.02 Å². The molecule has 3 rings (SSSR count). The van der Waals surface area contributed by atoms with Gasteiger partial charge < -0.3 is 10.1 Å². The Balaban J connectivity index is 2.30. The topological polar surface area (TPSA) is 34.1 Å². The fourth-order valence-electron chi connectivity index (χ4n) is 2.65. The second kappa shape index (κ2) is 6.33. The molecule has 0 aliphatic carbocycles. The maximum absolute atomic E-state index is 6.78. The van der Waals surface area contributed by atoms with Crippen LogP contribution in [-0.2, 0) is 0 Å². The van der Waals surface area contributed by atoms with Crippen LogP contribution in [0.1, 0.15) is 20.8 Å². The summed E-state index contributed by atoms with van der Waals surface area (Å²) in [4.78, 5) is 4.83. The molecule has 0 unspecified atom stereocenters. The zero-order valence-electron chi connectivity index (χ0n) is 14.4. The van der Waals surface area contributed by atoms with Crippen molar-refractivity contribution < 1.29 is 4.74 Å². The summed E-state index contributed by atoms with van der Waals surface area (Å²) < 4.78 is 5.31. The average Bonchev–Trinajstić information content (AvgIpc) is 2.54. The summed E-state index contributed by atoms with van der Waals surface area (Å²) in [6.07, 6.45) is 0. The third-order valence-corrected chi connectivity index (χ3v) is 4.08. The van der Waals surface area contributed by atoms with Gasteiger partial charge in [0.25, 0.3) is 0 Å². The largest absolute Gasteiger partial charge is 0.497 e. The molecule has 3 aromatic rings. The lowest BCUT2D eigenvalue weighted by Gasteiger charge is -2.24. The Morgan fingerprint density at radius 1 is 1.04 bits per heavy atom. The molecule has 0 atom stereocenters. The molecule has 0 aliphatic heterocycles. The molecule has 4 heteroatoms. The highest BCUT2D eigenvalue weighted by molar-refractivity contribution is 6.38. The number of benzene rings is 2. The highest BCUT2D eigenvalue weighted by Crippen LogP contribution is 2.40. The molecule has 124 valence electrons. The van der Waals surface area contributed by atoms with Gasteiger partial charge in [-0.3, -0.25) is 0 Å². The number of ether oxygens (including phenoxy) is 1. The Labute approximate surface area is 147 Å². The first kappa shape index (κ1) is 16.6. The van der Waals surface area contributed by atoms with Gasteiger partial charge in [0, 0.05) is 22.6 Å². The van der Waals surface area contributed by atoms with Crippen molar-refractivity contribution in [1.82, 2.24) is 4.98 Å². The van der Waals surface area contributed by atoms with Crippen LogP contribution in [0.5, 0.6) is 5.75 Å². The zero-order valence-corrected chi connectivity index (χ0v) is 15.1. The fraction of sp³-hybridized carbons (Fsp3) is 0.250. The van der Waals surface area contributed by atoms with Gasteiger partial charge in [0.2, 0.25) is 0 Å². The van der Waals surface area contributed by atoms with Crippen molar-refractivity contribution in [2.24, 2.45) is 0 Å². The predicted octanol–water partition coefficient (Wildman–Crippen LogP) is 5.77. The van der Waals surface area contributed by atoms with Gasteiger partial charge in [-0.05, 0) is 38.5 Å². The first-order valence-electron chi connectivity index (χ1n) is 7.90. The van der Waals surface area contributed by atoms with E-state index in [4.69, 9.17) is 21.3 Å². The molecule has 0 spiro atoms. The number of rotatable bonds is 3. The van der Waals surface area contributed by atoms with Crippen molar-refractivity contribution in [2.75, 3.05) is 12.4 Å². The van der Waals surface area contributed by atoms with Crippen LogP contribution >= 0.6 is 11.6 Å². The van der Waals surface area contributed by atoms with E-state index >= 15 is 0 Å². The van der Waals surface area contributed by atoms with Crippen LogP contribution in [0.25, 0.3) is 22.0 Å². The molecule has 0 radical (unpaired) electrons. The quantitative estimate of drug-likeness (QED) is 0.656. The second-order valence-corrected chi connectivity index (χ2v) is 7.15. The third kappa shape index (κ3) is 3.31. The summed E-state index contributed by atoms with van der Waals surface area (Å²) in [5.41, 5.74) is 2.64. The van der Waals surface area contributed by atoms with Gasteiger partial charge >= 0.3 is 0 Å². The number of pyridine rings is 1. The van der Waals surface area contributed by atoms with Gasteiger partial charge in [-0.2, -0.15) is 0 Å². The maximum Gasteiger partial charge on any atom is 0.136 e. The number of halogens is 1. The first-order chi connectivity index (χ1) is 11.4. The molecular weight excluding hydrogens is 320 g/mol. The number of hydrogen-bond acceptors (Lipinski definition) is 3. The Morgan fingerprint density at radius 3 is 2.38 bits per heavy atom. The Hall–Kier alpha value is -2.26. The summed E-state index contributed by atoms with van der Waals surface area (Å²) in [5.74, 6) is 1.54. The SMILES string of the molecule is COc1ccc2c(Cl)c(-c3ccccc3)c(NC(C)(C)C)nc2c1. The Morgan fingerprint density at radius 2 is 1.75 bits per heavy atom. The van der Waals surface area contributed by atoms with Gasteiger partial charge in [-0.25, -0.2) is 4.98 Å². The van der Waals surface area contributed by atoms with Crippen LogP contribution < -0.4 is 10.1 Å². The van der Waals surface area contributed by atoms with E-state index < -0.39 is 0 Å². The van der Waals surface area contributed by atoms with E-state index in [1.807, 2.05) is 48.5 Å². The van der Waals surface area contributed by atoms with Gasteiger partial charge in [-0.15, -0.1) is 0 Å². The number of nitrogens with one attached hydrogen (secondary N) is 1. The minimum absolute atomic E-state index is 0.133. The van der Waals surface area contributed by atoms with E-state index in [-0.39, 0.29) is 5.54 Å². The molecule has 0 fully saturated rings. The monoisotopic (exact) mass is 340 g/mol. The van der Waals surface area contributed by atoms with E-state index in [1.54, 1.807) is 7.11 Å². The molecule has 24 heavy (non-hydrogen) atoms. The minimum atomic E-state index is -0.133. The molecule has 1 heterocycles. The summed E-state index contributed by atoms with van der Waals surface area (Å²) in [5, 5.41) is 5.09. The molecular formula is C20H21ClN2O. The molecule has 2 aromatic carbocycles. The first-order valence-corrected chi connectivity index (χ1v) is 8.28. The van der Waals surface area contributed by atoms with Crippen molar-refractivity contribution in [2.45, 2.75) is 26.3 Å². The Bertz CT molecular complexity index is 870. The lowest BCUT2D eigenvalue weighted by Crippen LogP contribution is -2.27. The highest BCUT2D eigenvalue weighted by atomic mass is 35.5. The summed E-state index contributed by atoms with van der Waals surface area (Å²) in [6, 6.07) is 15.9. The van der Waals surface area contributed by atoms with E-state index in [0.717, 1.165) is 33.6 Å². The van der Waals surface area contributed by atoms with Crippen molar-refractivity contribution in [3.8, 4) is 16.9 Å². The maximum atomic E-state index is 6.78. The van der Waals surface area contributed by atoms with E-state index in [0.29, 0.717) is 5.02 Å². The summed E-state index contributed by atoms with van der Waals surface area (Å²) >= 11 is 6.78. The number of aromatic nitrogens is 1. The zero-order chi connectivity index (χ0) is 17.3. The number of hydrogen-bond donors (Lipinski definition) is 1. The van der Waals surface area contributed by atoms with Crippen LogP contribution in [0.4, 0.5) is 5.82 Å². The van der Waals surface area contributed by atoms with Crippen molar-refractivity contribution >= 4 is 28.3 Å². The van der Waals surface area contributed by atoms with E-state index in [1.165, 1.54) is 0 Å². The van der Waals surface area contributed by atoms with Crippen LogP contribution in [0, 0.1) is 0 Å². The molecule has 0 saturated heterocycles. The average molecular weight is 341 g/mol. The fourth-order valence-corrected chi connectivity index (χ4v) is 3.00. The smallest absolute Gasteiger partial charge is 0.136 e. The molecule has 3 nitrogen and oxygen atoms in total. The molecule has 0 amide bonds. The van der Waals surface area contributed by atoms with Crippen molar-refractivity contribution in [3.05, 3.63) is 53.6 Å². The van der Waals surface area contributed by atoms with Crippen molar-refractivity contribution in [1.29, 1.82) is 0 Å². The number of methoxy groups -OCH3 is 1. The van der Waals surface area contributed by atoms with Crippen molar-refractivity contribution in [3.63, 3.8) is 0 Å². The van der Waals surface area contributed by atoms with Gasteiger partial charge in [-0.1, -0.05) is 41.9 Å². The Kier molecular flexibility index (Phi) is 4.37. The number of nitrogens with zero attached hydrogens (tertiary/aromatic N) is 1. The summed E-state index contributed by atoms with van der Waals surface area (Å²) in [6.45, 7) is 6.31. The predicted molar refractivity (Wildman–Crippen MR) is 102 cm³/mol. The van der Waals surface area contributed by atoms with Gasteiger partial charge in [0.1, 0.15) is 11.6 Å². The van der Waals surface area contributed by atoms with Crippen LogP contribution in [0.3, 0.4) is 0 Å². The lowest BCUT2D eigenvalue weighted by atomic mass is 10.0. The molecule has 0 aliphatic rings. The molecule has 1 N–H and O–H groups in total. The molecule has 0 saturated carbocycles. The standard InChI is InChI=1S/C20H21ClN2O/c1-20(2,3)23-19-17(13-8-6-5-7-9-13)18(21)15-11-10-14(24-4)12-16(15)22-19/h5-12H,1-4H3,(H,22,23). The van der Waals surface area contributed by atoms with Gasteiger partial charge in [0.05, 0.1) is 17.6 Å². The van der Waals surface area contributed by atoms with Crippen LogP contribution in [-0.4, -0.2) is 17.6 Å². The molecule has 1 aromatic heterocycles. The highest BCUT2D eigenvalue weighted by Gasteiger charge is 2.19. The molecule has 0 bridgehead atoms. The number of anilines is 1. The van der Waals surface area contributed by atoms with E-state index in [2.05, 4.69) is 26.1 Å². The third-order valence-electron chi connectivity index (χ3n) is 3.69. The summed E-state index contributed by atoms with van der Waals surface area (Å²) in [7, 11) is 1.65. The normalized spacial score (nSPS) is 11.5. The lowest BCUT2D eigenvalue weighted by molar-refractivity contribution is 0.415.